The molecule has 0 saturated carbocycles. The van der Waals surface area contributed by atoms with E-state index >= 15 is 0 Å². The van der Waals surface area contributed by atoms with Crippen LogP contribution in [-0.4, -0.2) is 60.4 Å². The average Bonchev–Trinajstić information content (AvgIpc) is 2.98. The van der Waals surface area contributed by atoms with Crippen molar-refractivity contribution in [1.82, 2.24) is 14.2 Å². The third-order valence-electron chi connectivity index (χ3n) is 4.51. The van der Waals surface area contributed by atoms with Crippen LogP contribution in [0.15, 0.2) is 30.3 Å². The van der Waals surface area contributed by atoms with E-state index in [0.717, 1.165) is 16.3 Å². The molecule has 2 heterocycles. The highest BCUT2D eigenvalue weighted by atomic mass is 32.2. The SMILES string of the molecule is Cc1nc(C)c(C(=O)N2CCN(S(=O)(=O)CCc3ccccc3)CC2)s1. The summed E-state index contributed by atoms with van der Waals surface area (Å²) in [6.45, 7) is 5.24. The summed E-state index contributed by atoms with van der Waals surface area (Å²) < 4.78 is 26.7. The first-order valence-electron chi connectivity index (χ1n) is 8.62. The Kier molecular flexibility index (Phi) is 5.74. The molecule has 0 bridgehead atoms. The molecule has 1 aromatic heterocycles. The van der Waals surface area contributed by atoms with Gasteiger partial charge >= 0.3 is 0 Å². The second kappa shape index (κ2) is 7.85. The fourth-order valence-corrected chi connectivity index (χ4v) is 5.42. The fourth-order valence-electron chi connectivity index (χ4n) is 3.06. The van der Waals surface area contributed by atoms with E-state index in [-0.39, 0.29) is 11.7 Å². The molecule has 1 aliphatic heterocycles. The first-order valence-corrected chi connectivity index (χ1v) is 11.0. The number of nitrogens with zero attached hydrogens (tertiary/aromatic N) is 3. The molecule has 1 aromatic carbocycles. The highest BCUT2D eigenvalue weighted by Crippen LogP contribution is 2.20. The van der Waals surface area contributed by atoms with Crippen molar-refractivity contribution in [2.24, 2.45) is 0 Å². The minimum Gasteiger partial charge on any atom is -0.335 e. The van der Waals surface area contributed by atoms with E-state index in [1.807, 2.05) is 44.2 Å². The molecule has 1 aliphatic rings. The van der Waals surface area contributed by atoms with E-state index in [1.165, 1.54) is 15.6 Å². The number of piperazine rings is 1. The summed E-state index contributed by atoms with van der Waals surface area (Å²) in [4.78, 5) is 19.3. The number of benzene rings is 1. The Labute approximate surface area is 158 Å². The average molecular weight is 394 g/mol. The lowest BCUT2D eigenvalue weighted by atomic mass is 10.2. The highest BCUT2D eigenvalue weighted by molar-refractivity contribution is 7.89. The van der Waals surface area contributed by atoms with Crippen LogP contribution >= 0.6 is 11.3 Å². The van der Waals surface area contributed by atoms with Gasteiger partial charge in [0.2, 0.25) is 10.0 Å². The molecule has 140 valence electrons. The molecule has 0 unspecified atom stereocenters. The highest BCUT2D eigenvalue weighted by Gasteiger charge is 2.30. The lowest BCUT2D eigenvalue weighted by Crippen LogP contribution is -2.51. The second-order valence-electron chi connectivity index (χ2n) is 6.39. The molecule has 0 radical (unpaired) electrons. The summed E-state index contributed by atoms with van der Waals surface area (Å²) in [7, 11) is -3.31. The van der Waals surface area contributed by atoms with Crippen molar-refractivity contribution in [2.45, 2.75) is 20.3 Å². The lowest BCUT2D eigenvalue weighted by Gasteiger charge is -2.33. The van der Waals surface area contributed by atoms with E-state index in [1.54, 1.807) is 4.90 Å². The topological polar surface area (TPSA) is 70.6 Å². The van der Waals surface area contributed by atoms with Crippen molar-refractivity contribution in [2.75, 3.05) is 31.9 Å². The van der Waals surface area contributed by atoms with Gasteiger partial charge in [0.05, 0.1) is 16.5 Å². The third-order valence-corrected chi connectivity index (χ3v) is 7.44. The molecular formula is C18H23N3O3S2. The lowest BCUT2D eigenvalue weighted by molar-refractivity contribution is 0.0702. The first kappa shape index (κ1) is 19.0. The molecular weight excluding hydrogens is 370 g/mol. The first-order chi connectivity index (χ1) is 12.4. The van der Waals surface area contributed by atoms with E-state index < -0.39 is 10.0 Å². The van der Waals surface area contributed by atoms with Crippen LogP contribution in [0, 0.1) is 13.8 Å². The van der Waals surface area contributed by atoms with Gasteiger partial charge in [-0.15, -0.1) is 11.3 Å². The van der Waals surface area contributed by atoms with Crippen LogP contribution in [0.25, 0.3) is 0 Å². The monoisotopic (exact) mass is 393 g/mol. The van der Waals surface area contributed by atoms with Crippen molar-refractivity contribution in [3.05, 3.63) is 51.5 Å². The third kappa shape index (κ3) is 4.31. The van der Waals surface area contributed by atoms with Crippen molar-refractivity contribution >= 4 is 27.3 Å². The summed E-state index contributed by atoms with van der Waals surface area (Å²) in [5, 5.41) is 0.868. The van der Waals surface area contributed by atoms with Crippen LogP contribution < -0.4 is 0 Å². The summed E-state index contributed by atoms with van der Waals surface area (Å²) in [6.07, 6.45) is 0.502. The summed E-state index contributed by atoms with van der Waals surface area (Å²) in [5.41, 5.74) is 1.76. The second-order valence-corrected chi connectivity index (χ2v) is 9.68. The fraction of sp³-hybridized carbons (Fsp3) is 0.444. The van der Waals surface area contributed by atoms with Crippen LogP contribution in [0.2, 0.25) is 0 Å². The van der Waals surface area contributed by atoms with Crippen molar-refractivity contribution in [3.63, 3.8) is 0 Å². The number of thiazole rings is 1. The van der Waals surface area contributed by atoms with Gasteiger partial charge in [0, 0.05) is 26.2 Å². The quantitative estimate of drug-likeness (QED) is 0.780. The smallest absolute Gasteiger partial charge is 0.265 e. The number of aromatic nitrogens is 1. The minimum atomic E-state index is -3.31. The molecule has 1 amide bonds. The molecule has 3 rings (SSSR count). The molecule has 2 aromatic rings. The maximum absolute atomic E-state index is 12.6. The van der Waals surface area contributed by atoms with Crippen LogP contribution in [0.1, 0.15) is 25.9 Å². The van der Waals surface area contributed by atoms with E-state index in [9.17, 15) is 13.2 Å². The maximum Gasteiger partial charge on any atom is 0.265 e. The number of amides is 1. The molecule has 6 nitrogen and oxygen atoms in total. The Hall–Kier alpha value is -1.77. The predicted molar refractivity (Wildman–Crippen MR) is 103 cm³/mol. The largest absolute Gasteiger partial charge is 0.335 e. The standard InChI is InChI=1S/C18H23N3O3S2/c1-14-17(25-15(2)19-14)18(22)20-9-11-21(12-10-20)26(23,24)13-8-16-6-4-3-5-7-16/h3-7H,8-13H2,1-2H3. The zero-order chi connectivity index (χ0) is 18.7. The van der Waals surface area contributed by atoms with E-state index in [4.69, 9.17) is 0 Å². The predicted octanol–water partition coefficient (Wildman–Crippen LogP) is 2.09. The van der Waals surface area contributed by atoms with Gasteiger partial charge in [0.25, 0.3) is 5.91 Å². The summed E-state index contributed by atoms with van der Waals surface area (Å²) >= 11 is 1.39. The van der Waals surface area contributed by atoms with Crippen LogP contribution in [0.4, 0.5) is 0 Å². The molecule has 0 N–H and O–H groups in total. The van der Waals surface area contributed by atoms with Gasteiger partial charge in [-0.3, -0.25) is 4.79 Å². The van der Waals surface area contributed by atoms with E-state index in [0.29, 0.717) is 37.5 Å². The maximum atomic E-state index is 12.6. The van der Waals surface area contributed by atoms with E-state index in [2.05, 4.69) is 4.98 Å². The number of aryl methyl sites for hydroxylation is 3. The van der Waals surface area contributed by atoms with Crippen LogP contribution in [0.3, 0.4) is 0 Å². The van der Waals surface area contributed by atoms with Crippen molar-refractivity contribution < 1.29 is 13.2 Å². The Morgan fingerprint density at radius 3 is 2.35 bits per heavy atom. The molecule has 26 heavy (non-hydrogen) atoms. The van der Waals surface area contributed by atoms with Gasteiger partial charge in [-0.25, -0.2) is 13.4 Å². The van der Waals surface area contributed by atoms with Gasteiger partial charge in [-0.1, -0.05) is 30.3 Å². The zero-order valence-corrected chi connectivity index (χ0v) is 16.6. The number of carbonyl (C=O) groups is 1. The molecule has 1 saturated heterocycles. The van der Waals surface area contributed by atoms with Crippen molar-refractivity contribution in [3.8, 4) is 0 Å². The number of hydrogen-bond acceptors (Lipinski definition) is 5. The number of sulfonamides is 1. The molecule has 0 aliphatic carbocycles. The van der Waals surface area contributed by atoms with Crippen LogP contribution in [0.5, 0.6) is 0 Å². The van der Waals surface area contributed by atoms with Gasteiger partial charge in [-0.2, -0.15) is 4.31 Å². The number of carbonyl (C=O) groups excluding carboxylic acids is 1. The number of hydrogen-bond donors (Lipinski definition) is 0. The Morgan fingerprint density at radius 2 is 1.77 bits per heavy atom. The molecule has 8 heteroatoms. The Bertz CT molecular complexity index is 870. The van der Waals surface area contributed by atoms with Gasteiger partial charge in [0.1, 0.15) is 4.88 Å². The molecule has 0 atom stereocenters. The Morgan fingerprint density at radius 1 is 1.12 bits per heavy atom. The number of rotatable bonds is 5. The zero-order valence-electron chi connectivity index (χ0n) is 15.0. The molecule has 0 spiro atoms. The summed E-state index contributed by atoms with van der Waals surface area (Å²) in [6, 6.07) is 9.61. The van der Waals surface area contributed by atoms with Crippen LogP contribution in [-0.2, 0) is 16.4 Å². The van der Waals surface area contributed by atoms with Gasteiger partial charge in [-0.05, 0) is 25.8 Å². The Balaban J connectivity index is 1.57. The van der Waals surface area contributed by atoms with Gasteiger partial charge < -0.3 is 4.90 Å². The molecule has 1 fully saturated rings. The minimum absolute atomic E-state index is 0.0468. The summed E-state index contributed by atoms with van der Waals surface area (Å²) in [5.74, 6) is 0.0485. The van der Waals surface area contributed by atoms with Crippen molar-refractivity contribution in [1.29, 1.82) is 0 Å². The normalized spacial score (nSPS) is 16.0. The van der Waals surface area contributed by atoms with Gasteiger partial charge in [0.15, 0.2) is 0 Å².